The number of rotatable bonds is 8. The van der Waals surface area contributed by atoms with Crippen molar-refractivity contribution >= 4 is 23.2 Å². The topological polar surface area (TPSA) is 93.5 Å². The standard InChI is InChI=1S/C20H21N3O4S/c1-13-5-7-15(8-6-13)27-12-17-23-14(2)18(28-17)20(25)22-10-9-21-19(24)16-4-3-11-26-16/h3-8,11H,9-10,12H2,1-2H3,(H,21,24)(H,22,25). The lowest BCUT2D eigenvalue weighted by atomic mass is 10.2. The van der Waals surface area contributed by atoms with Gasteiger partial charge >= 0.3 is 0 Å². The fourth-order valence-corrected chi connectivity index (χ4v) is 3.33. The quantitative estimate of drug-likeness (QED) is 0.568. The second-order valence-corrected chi connectivity index (χ2v) is 7.20. The molecule has 146 valence electrons. The van der Waals surface area contributed by atoms with Gasteiger partial charge in [0.05, 0.1) is 12.0 Å². The molecule has 2 aromatic heterocycles. The third kappa shape index (κ3) is 5.20. The summed E-state index contributed by atoms with van der Waals surface area (Å²) < 4.78 is 10.7. The molecule has 0 bridgehead atoms. The molecule has 0 unspecified atom stereocenters. The molecular weight excluding hydrogens is 378 g/mol. The lowest BCUT2D eigenvalue weighted by Crippen LogP contribution is -2.34. The Morgan fingerprint density at radius 1 is 1.07 bits per heavy atom. The summed E-state index contributed by atoms with van der Waals surface area (Å²) in [6.45, 7) is 4.71. The van der Waals surface area contributed by atoms with Crippen LogP contribution in [0.4, 0.5) is 0 Å². The van der Waals surface area contributed by atoms with Crippen LogP contribution in [0.5, 0.6) is 5.75 Å². The molecule has 0 fully saturated rings. The van der Waals surface area contributed by atoms with Crippen LogP contribution in [0.3, 0.4) is 0 Å². The van der Waals surface area contributed by atoms with Gasteiger partial charge in [-0.3, -0.25) is 9.59 Å². The maximum absolute atomic E-state index is 12.4. The van der Waals surface area contributed by atoms with E-state index in [1.807, 2.05) is 31.2 Å². The van der Waals surface area contributed by atoms with Crippen molar-refractivity contribution in [3.63, 3.8) is 0 Å². The number of nitrogens with zero attached hydrogens (tertiary/aromatic N) is 1. The second kappa shape index (κ2) is 9.18. The number of hydrogen-bond acceptors (Lipinski definition) is 6. The minimum Gasteiger partial charge on any atom is -0.486 e. The Bertz CT molecular complexity index is 933. The molecule has 7 nitrogen and oxygen atoms in total. The van der Waals surface area contributed by atoms with Gasteiger partial charge in [0, 0.05) is 13.1 Å². The number of carbonyl (C=O) groups excluding carboxylic acids is 2. The average molecular weight is 399 g/mol. The Labute approximate surface area is 166 Å². The van der Waals surface area contributed by atoms with Crippen LogP contribution in [-0.2, 0) is 6.61 Å². The minimum absolute atomic E-state index is 0.219. The molecule has 0 atom stereocenters. The van der Waals surface area contributed by atoms with Crippen molar-refractivity contribution in [2.45, 2.75) is 20.5 Å². The molecule has 0 aliphatic rings. The van der Waals surface area contributed by atoms with Crippen molar-refractivity contribution in [3.8, 4) is 5.75 Å². The van der Waals surface area contributed by atoms with Gasteiger partial charge in [-0.05, 0) is 38.1 Å². The highest BCUT2D eigenvalue weighted by Gasteiger charge is 2.15. The molecule has 3 aromatic rings. The van der Waals surface area contributed by atoms with Crippen molar-refractivity contribution in [1.82, 2.24) is 15.6 Å². The molecule has 0 saturated heterocycles. The number of carbonyl (C=O) groups is 2. The number of benzene rings is 1. The van der Waals surface area contributed by atoms with Gasteiger partial charge in [0.15, 0.2) is 5.76 Å². The van der Waals surface area contributed by atoms with Crippen LogP contribution in [0, 0.1) is 13.8 Å². The van der Waals surface area contributed by atoms with Crippen LogP contribution in [0.2, 0.25) is 0 Å². The summed E-state index contributed by atoms with van der Waals surface area (Å²) in [5, 5.41) is 6.18. The van der Waals surface area contributed by atoms with Crippen molar-refractivity contribution < 1.29 is 18.7 Å². The molecule has 1 aromatic carbocycles. The van der Waals surface area contributed by atoms with Crippen LogP contribution in [0.25, 0.3) is 0 Å². The molecule has 2 amide bonds. The highest BCUT2D eigenvalue weighted by molar-refractivity contribution is 7.13. The molecule has 28 heavy (non-hydrogen) atoms. The lowest BCUT2D eigenvalue weighted by Gasteiger charge is -2.05. The third-order valence-corrected chi connectivity index (χ3v) is 5.00. The van der Waals surface area contributed by atoms with E-state index in [9.17, 15) is 9.59 Å². The Kier molecular flexibility index (Phi) is 6.44. The molecule has 0 radical (unpaired) electrons. The number of furan rings is 1. The highest BCUT2D eigenvalue weighted by atomic mass is 32.1. The number of amides is 2. The van der Waals surface area contributed by atoms with Crippen LogP contribution < -0.4 is 15.4 Å². The molecule has 0 saturated carbocycles. The number of aryl methyl sites for hydroxylation is 2. The molecular formula is C20H21N3O4S. The summed E-state index contributed by atoms with van der Waals surface area (Å²) in [4.78, 5) is 29.0. The highest BCUT2D eigenvalue weighted by Crippen LogP contribution is 2.20. The number of ether oxygens (including phenoxy) is 1. The number of hydrogen-bond donors (Lipinski definition) is 2. The molecule has 2 heterocycles. The number of aromatic nitrogens is 1. The summed E-state index contributed by atoms with van der Waals surface area (Å²) in [5.74, 6) is 0.465. The summed E-state index contributed by atoms with van der Waals surface area (Å²) >= 11 is 1.30. The zero-order valence-electron chi connectivity index (χ0n) is 15.7. The van der Waals surface area contributed by atoms with E-state index in [2.05, 4.69) is 15.6 Å². The SMILES string of the molecule is Cc1ccc(OCc2nc(C)c(C(=O)NCCNC(=O)c3ccco3)s2)cc1. The van der Waals surface area contributed by atoms with E-state index in [1.54, 1.807) is 19.1 Å². The predicted molar refractivity (Wildman–Crippen MR) is 106 cm³/mol. The van der Waals surface area contributed by atoms with Crippen LogP contribution in [0.1, 0.15) is 36.5 Å². The fraction of sp³-hybridized carbons (Fsp3) is 0.250. The van der Waals surface area contributed by atoms with Gasteiger partial charge in [0.1, 0.15) is 22.2 Å². The van der Waals surface area contributed by atoms with E-state index in [1.165, 1.54) is 17.6 Å². The first-order chi connectivity index (χ1) is 13.5. The Balaban J connectivity index is 1.46. The Morgan fingerprint density at radius 2 is 1.79 bits per heavy atom. The predicted octanol–water partition coefficient (Wildman–Crippen LogP) is 3.09. The zero-order chi connectivity index (χ0) is 19.9. The first-order valence-electron chi connectivity index (χ1n) is 8.78. The maximum Gasteiger partial charge on any atom is 0.287 e. The smallest absolute Gasteiger partial charge is 0.287 e. The van der Waals surface area contributed by atoms with E-state index in [4.69, 9.17) is 9.15 Å². The van der Waals surface area contributed by atoms with Crippen LogP contribution >= 0.6 is 11.3 Å². The normalized spacial score (nSPS) is 10.5. The molecule has 0 aliphatic carbocycles. The largest absolute Gasteiger partial charge is 0.486 e. The van der Waals surface area contributed by atoms with Crippen LogP contribution in [0.15, 0.2) is 47.1 Å². The molecule has 3 rings (SSSR count). The molecule has 0 spiro atoms. The van der Waals surface area contributed by atoms with Gasteiger partial charge in [-0.2, -0.15) is 0 Å². The maximum atomic E-state index is 12.4. The molecule has 2 N–H and O–H groups in total. The third-order valence-electron chi connectivity index (χ3n) is 3.87. The summed E-state index contributed by atoms with van der Waals surface area (Å²) in [6.07, 6.45) is 1.43. The van der Waals surface area contributed by atoms with Gasteiger partial charge in [-0.1, -0.05) is 17.7 Å². The lowest BCUT2D eigenvalue weighted by molar-refractivity contribution is 0.0911. The monoisotopic (exact) mass is 399 g/mol. The number of thiazole rings is 1. The van der Waals surface area contributed by atoms with Gasteiger partial charge in [-0.15, -0.1) is 11.3 Å². The number of nitrogens with one attached hydrogen (secondary N) is 2. The van der Waals surface area contributed by atoms with E-state index >= 15 is 0 Å². The average Bonchev–Trinajstić information content (AvgIpc) is 3.34. The van der Waals surface area contributed by atoms with Crippen molar-refractivity contribution in [2.75, 3.05) is 13.1 Å². The molecule has 0 aliphatic heterocycles. The minimum atomic E-state index is -0.316. The summed E-state index contributed by atoms with van der Waals surface area (Å²) in [6, 6.07) is 11.0. The van der Waals surface area contributed by atoms with E-state index in [-0.39, 0.29) is 17.6 Å². The van der Waals surface area contributed by atoms with Gasteiger partial charge in [0.25, 0.3) is 11.8 Å². The van der Waals surface area contributed by atoms with E-state index in [0.29, 0.717) is 30.3 Å². The second-order valence-electron chi connectivity index (χ2n) is 6.11. The Morgan fingerprint density at radius 3 is 2.46 bits per heavy atom. The van der Waals surface area contributed by atoms with Gasteiger partial charge in [0.2, 0.25) is 0 Å². The van der Waals surface area contributed by atoms with E-state index in [0.717, 1.165) is 16.3 Å². The molecule has 8 heteroatoms. The van der Waals surface area contributed by atoms with Crippen molar-refractivity contribution in [3.05, 3.63) is 69.6 Å². The Hall–Kier alpha value is -3.13. The first kappa shape index (κ1) is 19.6. The summed E-state index contributed by atoms with van der Waals surface area (Å²) in [5.41, 5.74) is 1.82. The van der Waals surface area contributed by atoms with Crippen molar-refractivity contribution in [1.29, 1.82) is 0 Å². The van der Waals surface area contributed by atoms with Gasteiger partial charge < -0.3 is 19.8 Å². The first-order valence-corrected chi connectivity index (χ1v) is 9.60. The summed E-state index contributed by atoms with van der Waals surface area (Å²) in [7, 11) is 0. The van der Waals surface area contributed by atoms with Crippen LogP contribution in [-0.4, -0.2) is 29.9 Å². The van der Waals surface area contributed by atoms with Crippen molar-refractivity contribution in [2.24, 2.45) is 0 Å². The zero-order valence-corrected chi connectivity index (χ0v) is 16.5. The van der Waals surface area contributed by atoms with Gasteiger partial charge in [-0.25, -0.2) is 4.98 Å². The van der Waals surface area contributed by atoms with E-state index < -0.39 is 0 Å². The fourth-order valence-electron chi connectivity index (χ4n) is 2.43.